The first kappa shape index (κ1) is 14.3. The standard InChI is InChI=1S/C16H24FNO/c1-10(2)15-14(19-4)9-11-5-6-12(18-3)7-8-13(11)16(15)17/h9-10,12,18H,5-8H2,1-4H3. The summed E-state index contributed by atoms with van der Waals surface area (Å²) >= 11 is 0. The van der Waals surface area contributed by atoms with Crippen LogP contribution >= 0.6 is 0 Å². The van der Waals surface area contributed by atoms with Gasteiger partial charge in [-0.05, 0) is 55.8 Å². The van der Waals surface area contributed by atoms with Crippen LogP contribution in [0.2, 0.25) is 0 Å². The summed E-state index contributed by atoms with van der Waals surface area (Å²) < 4.78 is 20.2. The Hall–Kier alpha value is -1.09. The zero-order valence-corrected chi connectivity index (χ0v) is 12.3. The lowest BCUT2D eigenvalue weighted by Gasteiger charge is -2.18. The Bertz CT molecular complexity index is 457. The Morgan fingerprint density at radius 2 is 2.00 bits per heavy atom. The molecule has 1 N–H and O–H groups in total. The minimum atomic E-state index is -0.0406. The summed E-state index contributed by atoms with van der Waals surface area (Å²) in [4.78, 5) is 0. The van der Waals surface area contributed by atoms with Gasteiger partial charge in [0.25, 0.3) is 0 Å². The Balaban J connectivity index is 2.46. The number of aryl methyl sites for hydroxylation is 1. The van der Waals surface area contributed by atoms with Gasteiger partial charge in [0, 0.05) is 11.6 Å². The molecule has 0 radical (unpaired) electrons. The fourth-order valence-corrected chi connectivity index (χ4v) is 3.02. The van der Waals surface area contributed by atoms with Crippen LogP contribution in [0.15, 0.2) is 6.07 Å². The van der Waals surface area contributed by atoms with E-state index in [9.17, 15) is 4.39 Å². The van der Waals surface area contributed by atoms with Gasteiger partial charge in [-0.1, -0.05) is 13.8 Å². The molecule has 106 valence electrons. The van der Waals surface area contributed by atoms with Crippen molar-refractivity contribution < 1.29 is 9.13 Å². The fourth-order valence-electron chi connectivity index (χ4n) is 3.02. The van der Waals surface area contributed by atoms with E-state index in [0.29, 0.717) is 11.8 Å². The Morgan fingerprint density at radius 3 is 2.58 bits per heavy atom. The van der Waals surface area contributed by atoms with Crippen molar-refractivity contribution in [2.45, 2.75) is 51.5 Å². The molecule has 0 saturated carbocycles. The van der Waals surface area contributed by atoms with Crippen LogP contribution in [-0.4, -0.2) is 20.2 Å². The van der Waals surface area contributed by atoms with E-state index < -0.39 is 0 Å². The second-order valence-electron chi connectivity index (χ2n) is 5.66. The monoisotopic (exact) mass is 265 g/mol. The normalized spacial score (nSPS) is 19.2. The predicted octanol–water partition coefficient (Wildman–Crippen LogP) is 3.42. The first-order chi connectivity index (χ1) is 9.08. The lowest BCUT2D eigenvalue weighted by atomic mass is 9.93. The third-order valence-corrected chi connectivity index (χ3v) is 4.17. The molecule has 0 aromatic heterocycles. The van der Waals surface area contributed by atoms with Gasteiger partial charge in [0.1, 0.15) is 11.6 Å². The van der Waals surface area contributed by atoms with Crippen molar-refractivity contribution in [3.8, 4) is 5.75 Å². The van der Waals surface area contributed by atoms with E-state index in [1.54, 1.807) is 7.11 Å². The lowest BCUT2D eigenvalue weighted by molar-refractivity contribution is 0.400. The highest BCUT2D eigenvalue weighted by Gasteiger charge is 2.24. The molecular formula is C16H24FNO. The van der Waals surface area contributed by atoms with Gasteiger partial charge < -0.3 is 10.1 Å². The van der Waals surface area contributed by atoms with Gasteiger partial charge in [-0.2, -0.15) is 0 Å². The molecule has 0 aliphatic heterocycles. The topological polar surface area (TPSA) is 21.3 Å². The summed E-state index contributed by atoms with van der Waals surface area (Å²) in [6.45, 7) is 4.03. The van der Waals surface area contributed by atoms with E-state index in [1.165, 1.54) is 0 Å². The average molecular weight is 265 g/mol. The van der Waals surface area contributed by atoms with Crippen LogP contribution in [0, 0.1) is 5.82 Å². The number of methoxy groups -OCH3 is 1. The van der Waals surface area contributed by atoms with Gasteiger partial charge in [-0.15, -0.1) is 0 Å². The minimum absolute atomic E-state index is 0.0406. The molecule has 2 rings (SSSR count). The summed E-state index contributed by atoms with van der Waals surface area (Å²) in [6, 6.07) is 2.53. The molecule has 3 heteroatoms. The SMILES string of the molecule is CNC1CCc2cc(OC)c(C(C)C)c(F)c2CC1. The number of benzene rings is 1. The van der Waals surface area contributed by atoms with Crippen molar-refractivity contribution in [2.75, 3.05) is 14.2 Å². The van der Waals surface area contributed by atoms with Crippen molar-refractivity contribution in [1.82, 2.24) is 5.32 Å². The van der Waals surface area contributed by atoms with Gasteiger partial charge in [0.15, 0.2) is 0 Å². The van der Waals surface area contributed by atoms with Crippen LogP contribution in [0.25, 0.3) is 0 Å². The van der Waals surface area contributed by atoms with Crippen LogP contribution in [0.4, 0.5) is 4.39 Å². The molecule has 0 heterocycles. The van der Waals surface area contributed by atoms with Crippen molar-refractivity contribution in [1.29, 1.82) is 0 Å². The average Bonchev–Trinajstić information content (AvgIpc) is 2.60. The van der Waals surface area contributed by atoms with Crippen molar-refractivity contribution in [3.63, 3.8) is 0 Å². The smallest absolute Gasteiger partial charge is 0.133 e. The number of ether oxygens (including phenoxy) is 1. The summed E-state index contributed by atoms with van der Waals surface area (Å²) in [7, 11) is 3.61. The number of nitrogens with one attached hydrogen (secondary N) is 1. The van der Waals surface area contributed by atoms with Gasteiger partial charge in [0.2, 0.25) is 0 Å². The first-order valence-corrected chi connectivity index (χ1v) is 7.13. The Morgan fingerprint density at radius 1 is 1.32 bits per heavy atom. The largest absolute Gasteiger partial charge is 0.496 e. The molecule has 0 bridgehead atoms. The van der Waals surface area contributed by atoms with E-state index in [4.69, 9.17) is 4.74 Å². The van der Waals surface area contributed by atoms with Crippen LogP contribution in [0.3, 0.4) is 0 Å². The highest BCUT2D eigenvalue weighted by Crippen LogP contribution is 2.35. The van der Waals surface area contributed by atoms with Gasteiger partial charge in [-0.25, -0.2) is 4.39 Å². The number of hydrogen-bond donors (Lipinski definition) is 1. The maximum absolute atomic E-state index is 14.8. The molecule has 0 spiro atoms. The van der Waals surface area contributed by atoms with Crippen molar-refractivity contribution in [3.05, 3.63) is 28.6 Å². The zero-order chi connectivity index (χ0) is 14.0. The highest BCUT2D eigenvalue weighted by atomic mass is 19.1. The molecule has 19 heavy (non-hydrogen) atoms. The lowest BCUT2D eigenvalue weighted by Crippen LogP contribution is -2.24. The van der Waals surface area contributed by atoms with Gasteiger partial charge in [0.05, 0.1) is 7.11 Å². The second-order valence-corrected chi connectivity index (χ2v) is 5.66. The third kappa shape index (κ3) is 2.76. The number of fused-ring (bicyclic) bond motifs is 1. The molecule has 0 saturated heterocycles. The molecule has 0 fully saturated rings. The van der Waals surface area contributed by atoms with Crippen molar-refractivity contribution >= 4 is 0 Å². The molecule has 0 amide bonds. The maximum atomic E-state index is 14.8. The molecule has 2 nitrogen and oxygen atoms in total. The number of halogens is 1. The summed E-state index contributed by atoms with van der Waals surface area (Å²) in [6.07, 6.45) is 3.81. The van der Waals surface area contributed by atoms with Crippen LogP contribution in [-0.2, 0) is 12.8 Å². The summed E-state index contributed by atoms with van der Waals surface area (Å²) in [5.74, 6) is 0.805. The minimum Gasteiger partial charge on any atom is -0.496 e. The van der Waals surface area contributed by atoms with Crippen LogP contribution < -0.4 is 10.1 Å². The van der Waals surface area contributed by atoms with E-state index in [1.807, 2.05) is 27.0 Å². The molecule has 1 aromatic rings. The molecular weight excluding hydrogens is 241 g/mol. The quantitative estimate of drug-likeness (QED) is 0.845. The summed E-state index contributed by atoms with van der Waals surface area (Å²) in [5.41, 5.74) is 2.75. The van der Waals surface area contributed by atoms with Crippen LogP contribution in [0.1, 0.15) is 49.3 Å². The number of rotatable bonds is 3. The summed E-state index contributed by atoms with van der Waals surface area (Å²) in [5, 5.41) is 3.31. The predicted molar refractivity (Wildman–Crippen MR) is 76.5 cm³/mol. The highest BCUT2D eigenvalue weighted by molar-refractivity contribution is 5.46. The second kappa shape index (κ2) is 5.91. The molecule has 1 aliphatic carbocycles. The molecule has 1 aromatic carbocycles. The van der Waals surface area contributed by atoms with Gasteiger partial charge >= 0.3 is 0 Å². The molecule has 1 atom stereocenters. The van der Waals surface area contributed by atoms with E-state index in [-0.39, 0.29) is 11.7 Å². The van der Waals surface area contributed by atoms with Gasteiger partial charge in [-0.3, -0.25) is 0 Å². The first-order valence-electron chi connectivity index (χ1n) is 7.13. The van der Waals surface area contributed by atoms with Crippen LogP contribution in [0.5, 0.6) is 5.75 Å². The molecule has 1 aliphatic rings. The Labute approximate surface area is 115 Å². The molecule has 1 unspecified atom stereocenters. The number of hydrogen-bond acceptors (Lipinski definition) is 2. The maximum Gasteiger partial charge on any atom is 0.133 e. The van der Waals surface area contributed by atoms with E-state index in [0.717, 1.165) is 42.4 Å². The van der Waals surface area contributed by atoms with Crippen molar-refractivity contribution in [2.24, 2.45) is 0 Å². The third-order valence-electron chi connectivity index (χ3n) is 4.17. The fraction of sp³-hybridized carbons (Fsp3) is 0.625. The van der Waals surface area contributed by atoms with E-state index in [2.05, 4.69) is 5.32 Å². The Kier molecular flexibility index (Phi) is 4.46. The zero-order valence-electron chi connectivity index (χ0n) is 12.3. The van der Waals surface area contributed by atoms with E-state index >= 15 is 0 Å².